The van der Waals surface area contributed by atoms with Crippen LogP contribution in [0.2, 0.25) is 5.02 Å². The number of hydrogen-bond donors (Lipinski definition) is 2. The number of halogens is 2. The summed E-state index contributed by atoms with van der Waals surface area (Å²) >= 11 is 9.78. The standard InChI is InChI=1S/C19H16BrClN2O3/c20-13-9-15-12(8-14(13)21)17(16-10-22-6-7-26-16)18(19(24)25)23(15)11-4-2-1-3-5-11/h1-5,8-9,16,22H,6-7,10H2,(H,24,25). The van der Waals surface area contributed by atoms with E-state index in [-0.39, 0.29) is 11.8 Å². The first-order valence-corrected chi connectivity index (χ1v) is 9.39. The predicted molar refractivity (Wildman–Crippen MR) is 105 cm³/mol. The third-order valence-corrected chi connectivity index (χ3v) is 5.71. The zero-order chi connectivity index (χ0) is 18.3. The van der Waals surface area contributed by atoms with Crippen molar-refractivity contribution in [1.29, 1.82) is 0 Å². The molecule has 1 aliphatic rings. The Hall–Kier alpha value is -1.86. The molecule has 1 aromatic heterocycles. The zero-order valence-electron chi connectivity index (χ0n) is 13.7. The lowest BCUT2D eigenvalue weighted by Crippen LogP contribution is -2.34. The number of aromatic nitrogens is 1. The molecule has 0 amide bonds. The number of morpholine rings is 1. The van der Waals surface area contributed by atoms with Crippen LogP contribution in [0.4, 0.5) is 0 Å². The number of benzene rings is 2. The molecule has 2 heterocycles. The van der Waals surface area contributed by atoms with Crippen LogP contribution in [0.1, 0.15) is 22.2 Å². The number of ether oxygens (including phenoxy) is 1. The Morgan fingerprint density at radius 1 is 1.31 bits per heavy atom. The van der Waals surface area contributed by atoms with E-state index in [1.54, 1.807) is 10.6 Å². The molecule has 1 fully saturated rings. The first-order chi connectivity index (χ1) is 12.6. The largest absolute Gasteiger partial charge is 0.477 e. The molecule has 26 heavy (non-hydrogen) atoms. The highest BCUT2D eigenvalue weighted by Crippen LogP contribution is 2.39. The second-order valence-corrected chi connectivity index (χ2v) is 7.35. The molecule has 2 aromatic carbocycles. The molecule has 0 bridgehead atoms. The van der Waals surface area contributed by atoms with Gasteiger partial charge < -0.3 is 19.7 Å². The number of carboxylic acids is 1. The summed E-state index contributed by atoms with van der Waals surface area (Å²) in [6.45, 7) is 1.84. The van der Waals surface area contributed by atoms with Crippen molar-refractivity contribution >= 4 is 44.4 Å². The number of carboxylic acid groups (broad SMARTS) is 1. The maximum Gasteiger partial charge on any atom is 0.353 e. The minimum atomic E-state index is -0.999. The molecule has 5 nitrogen and oxygen atoms in total. The first kappa shape index (κ1) is 17.5. The van der Waals surface area contributed by atoms with Crippen molar-refractivity contribution in [2.24, 2.45) is 0 Å². The normalized spacial score (nSPS) is 17.5. The topological polar surface area (TPSA) is 63.5 Å². The molecule has 0 radical (unpaired) electrons. The molecule has 2 N–H and O–H groups in total. The molecule has 7 heteroatoms. The molecule has 1 atom stereocenters. The van der Waals surface area contributed by atoms with E-state index in [1.807, 2.05) is 36.4 Å². The monoisotopic (exact) mass is 434 g/mol. The lowest BCUT2D eigenvalue weighted by molar-refractivity contribution is 0.0271. The van der Waals surface area contributed by atoms with Crippen LogP contribution in [0.3, 0.4) is 0 Å². The molecule has 3 aromatic rings. The van der Waals surface area contributed by atoms with Gasteiger partial charge in [0.25, 0.3) is 0 Å². The minimum absolute atomic E-state index is 0.203. The van der Waals surface area contributed by atoms with Crippen molar-refractivity contribution in [2.75, 3.05) is 19.7 Å². The average Bonchev–Trinajstić information content (AvgIpc) is 2.98. The third-order valence-electron chi connectivity index (χ3n) is 4.51. The fourth-order valence-electron chi connectivity index (χ4n) is 3.44. The summed E-state index contributed by atoms with van der Waals surface area (Å²) in [6.07, 6.45) is -0.348. The summed E-state index contributed by atoms with van der Waals surface area (Å²) in [4.78, 5) is 12.3. The number of rotatable bonds is 3. The Balaban J connectivity index is 2.10. The van der Waals surface area contributed by atoms with Gasteiger partial charge in [-0.1, -0.05) is 29.8 Å². The second kappa shape index (κ2) is 7.04. The number of nitrogens with one attached hydrogen (secondary N) is 1. The van der Waals surface area contributed by atoms with Gasteiger partial charge in [-0.3, -0.25) is 0 Å². The van der Waals surface area contributed by atoms with Gasteiger partial charge in [0, 0.05) is 34.2 Å². The van der Waals surface area contributed by atoms with E-state index in [0.29, 0.717) is 28.2 Å². The van der Waals surface area contributed by atoms with E-state index in [2.05, 4.69) is 21.2 Å². The lowest BCUT2D eigenvalue weighted by Gasteiger charge is -2.24. The maximum atomic E-state index is 12.3. The summed E-state index contributed by atoms with van der Waals surface area (Å²) in [5.74, 6) is -0.999. The highest BCUT2D eigenvalue weighted by Gasteiger charge is 2.30. The van der Waals surface area contributed by atoms with Gasteiger partial charge in [-0.2, -0.15) is 0 Å². The first-order valence-electron chi connectivity index (χ1n) is 8.22. The van der Waals surface area contributed by atoms with E-state index < -0.39 is 5.97 Å². The van der Waals surface area contributed by atoms with E-state index in [9.17, 15) is 9.90 Å². The molecular weight excluding hydrogens is 420 g/mol. The molecule has 1 aliphatic heterocycles. The highest BCUT2D eigenvalue weighted by molar-refractivity contribution is 9.10. The summed E-state index contributed by atoms with van der Waals surface area (Å²) < 4.78 is 8.36. The van der Waals surface area contributed by atoms with Crippen LogP contribution in [0.15, 0.2) is 46.9 Å². The highest BCUT2D eigenvalue weighted by atomic mass is 79.9. The number of fused-ring (bicyclic) bond motifs is 1. The van der Waals surface area contributed by atoms with Crippen LogP contribution in [-0.4, -0.2) is 35.3 Å². The van der Waals surface area contributed by atoms with Crippen LogP contribution >= 0.6 is 27.5 Å². The quantitative estimate of drug-likeness (QED) is 0.640. The van der Waals surface area contributed by atoms with E-state index in [1.165, 1.54) is 0 Å². The number of nitrogens with zero attached hydrogens (tertiary/aromatic N) is 1. The summed E-state index contributed by atoms with van der Waals surface area (Å²) in [7, 11) is 0. The van der Waals surface area contributed by atoms with Gasteiger partial charge in [0.05, 0.1) is 23.3 Å². The molecule has 134 valence electrons. The fourth-order valence-corrected chi connectivity index (χ4v) is 3.93. The molecular formula is C19H16BrClN2O3. The third kappa shape index (κ3) is 2.93. The van der Waals surface area contributed by atoms with Gasteiger partial charge in [-0.25, -0.2) is 4.79 Å². The number of hydrogen-bond acceptors (Lipinski definition) is 3. The SMILES string of the molecule is O=C(O)c1c(C2CNCCO2)c2cc(Cl)c(Br)cc2n1-c1ccccc1. The molecule has 0 saturated carbocycles. The Kier molecular flexibility index (Phi) is 4.75. The fraction of sp³-hybridized carbons (Fsp3) is 0.211. The summed E-state index contributed by atoms with van der Waals surface area (Å²) in [6, 6.07) is 13.1. The van der Waals surface area contributed by atoms with Gasteiger partial charge >= 0.3 is 5.97 Å². The van der Waals surface area contributed by atoms with Crippen LogP contribution in [0.25, 0.3) is 16.6 Å². The predicted octanol–water partition coefficient (Wildman–Crippen LogP) is 4.41. The number of aromatic carboxylic acids is 1. The molecule has 0 spiro atoms. The zero-order valence-corrected chi connectivity index (χ0v) is 16.0. The van der Waals surface area contributed by atoms with Crippen LogP contribution in [0, 0.1) is 0 Å². The van der Waals surface area contributed by atoms with Crippen molar-refractivity contribution in [3.05, 3.63) is 63.2 Å². The summed E-state index contributed by atoms with van der Waals surface area (Å²) in [5, 5.41) is 14.6. The number of carbonyl (C=O) groups is 1. The van der Waals surface area contributed by atoms with Crippen molar-refractivity contribution in [3.8, 4) is 5.69 Å². The smallest absolute Gasteiger partial charge is 0.353 e. The molecule has 4 rings (SSSR count). The van der Waals surface area contributed by atoms with Gasteiger partial charge in [-0.15, -0.1) is 0 Å². The van der Waals surface area contributed by atoms with Gasteiger partial charge in [0.1, 0.15) is 5.69 Å². The second-order valence-electron chi connectivity index (χ2n) is 6.09. The van der Waals surface area contributed by atoms with Gasteiger partial charge in [0.2, 0.25) is 0 Å². The Morgan fingerprint density at radius 2 is 2.08 bits per heavy atom. The van der Waals surface area contributed by atoms with Crippen molar-refractivity contribution in [2.45, 2.75) is 6.10 Å². The average molecular weight is 436 g/mol. The van der Waals surface area contributed by atoms with Crippen molar-refractivity contribution < 1.29 is 14.6 Å². The molecule has 1 unspecified atom stereocenters. The van der Waals surface area contributed by atoms with E-state index in [4.69, 9.17) is 16.3 Å². The number of para-hydroxylation sites is 1. The van der Waals surface area contributed by atoms with Gasteiger partial charge in [-0.05, 0) is 40.2 Å². The molecule has 1 saturated heterocycles. The van der Waals surface area contributed by atoms with E-state index in [0.717, 1.165) is 23.1 Å². The van der Waals surface area contributed by atoms with E-state index >= 15 is 0 Å². The lowest BCUT2D eigenvalue weighted by atomic mass is 10.0. The van der Waals surface area contributed by atoms with Crippen LogP contribution < -0.4 is 5.32 Å². The van der Waals surface area contributed by atoms with Gasteiger partial charge in [0.15, 0.2) is 0 Å². The van der Waals surface area contributed by atoms with Crippen molar-refractivity contribution in [3.63, 3.8) is 0 Å². The maximum absolute atomic E-state index is 12.3. The Bertz CT molecular complexity index is 982. The summed E-state index contributed by atoms with van der Waals surface area (Å²) in [5.41, 5.74) is 2.40. The molecule has 0 aliphatic carbocycles. The van der Waals surface area contributed by atoms with Crippen LogP contribution in [0.5, 0.6) is 0 Å². The Morgan fingerprint density at radius 3 is 2.73 bits per heavy atom. The Labute approximate surface area is 163 Å². The van der Waals surface area contributed by atoms with Crippen molar-refractivity contribution in [1.82, 2.24) is 9.88 Å². The van der Waals surface area contributed by atoms with Crippen LogP contribution in [-0.2, 0) is 4.74 Å². The minimum Gasteiger partial charge on any atom is -0.477 e.